The number of thiazole rings is 1. The van der Waals surface area contributed by atoms with Gasteiger partial charge in [0.25, 0.3) is 0 Å². The van der Waals surface area contributed by atoms with Gasteiger partial charge < -0.3 is 4.57 Å². The molecule has 1 N–H and O–H groups in total. The molecule has 3 heterocycles. The highest BCUT2D eigenvalue weighted by atomic mass is 32.2. The largest absolute Gasteiger partial charge is 0.328 e. The molecular weight excluding hydrogens is 310 g/mol. The van der Waals surface area contributed by atoms with E-state index in [1.54, 1.807) is 23.9 Å². The molecule has 0 saturated carbocycles. The van der Waals surface area contributed by atoms with Gasteiger partial charge in [-0.25, -0.2) is 23.1 Å². The Morgan fingerprint density at radius 2 is 2.38 bits per heavy atom. The van der Waals surface area contributed by atoms with E-state index in [2.05, 4.69) is 24.2 Å². The molecule has 2 aromatic heterocycles. The first-order chi connectivity index (χ1) is 10.0. The third-order valence-corrected chi connectivity index (χ3v) is 4.87. The second-order valence-corrected chi connectivity index (χ2v) is 7.97. The maximum absolute atomic E-state index is 11.3. The van der Waals surface area contributed by atoms with E-state index in [1.165, 1.54) is 6.26 Å². The summed E-state index contributed by atoms with van der Waals surface area (Å²) in [5.74, 6) is 0. The summed E-state index contributed by atoms with van der Waals surface area (Å²) in [7, 11) is -3.19. The summed E-state index contributed by atoms with van der Waals surface area (Å²) < 4.78 is 27.2. The molecule has 9 heteroatoms. The molecular formula is C12H17N5O2S2. The SMILES string of the molecule is CS(=O)(=O)NCC1CN(Cc2nccs2)Cc2cncn21. The van der Waals surface area contributed by atoms with Crippen molar-refractivity contribution in [3.8, 4) is 0 Å². The van der Waals surface area contributed by atoms with Crippen molar-refractivity contribution in [2.45, 2.75) is 19.1 Å². The number of sulfonamides is 1. The van der Waals surface area contributed by atoms with Crippen LogP contribution >= 0.6 is 11.3 Å². The molecule has 21 heavy (non-hydrogen) atoms. The van der Waals surface area contributed by atoms with Crippen molar-refractivity contribution in [1.29, 1.82) is 0 Å². The van der Waals surface area contributed by atoms with E-state index in [0.717, 1.165) is 30.3 Å². The van der Waals surface area contributed by atoms with Crippen LogP contribution in [0.25, 0.3) is 0 Å². The quantitative estimate of drug-likeness (QED) is 0.862. The molecule has 2 aromatic rings. The second kappa shape index (κ2) is 5.84. The van der Waals surface area contributed by atoms with Crippen LogP contribution in [0, 0.1) is 0 Å². The number of fused-ring (bicyclic) bond motifs is 1. The van der Waals surface area contributed by atoms with E-state index in [0.29, 0.717) is 6.54 Å². The molecule has 0 spiro atoms. The molecule has 1 aliphatic heterocycles. The van der Waals surface area contributed by atoms with Crippen molar-refractivity contribution in [3.05, 3.63) is 34.8 Å². The minimum absolute atomic E-state index is 0.0472. The van der Waals surface area contributed by atoms with Crippen molar-refractivity contribution in [1.82, 2.24) is 24.2 Å². The lowest BCUT2D eigenvalue weighted by atomic mass is 10.2. The monoisotopic (exact) mass is 327 g/mol. The molecule has 0 radical (unpaired) electrons. The summed E-state index contributed by atoms with van der Waals surface area (Å²) in [5.41, 5.74) is 1.10. The van der Waals surface area contributed by atoms with Gasteiger partial charge in [0.15, 0.2) is 0 Å². The van der Waals surface area contributed by atoms with E-state index in [4.69, 9.17) is 0 Å². The van der Waals surface area contributed by atoms with Crippen molar-refractivity contribution in [3.63, 3.8) is 0 Å². The summed E-state index contributed by atoms with van der Waals surface area (Å²) in [6.45, 7) is 2.72. The topological polar surface area (TPSA) is 80.1 Å². The van der Waals surface area contributed by atoms with Gasteiger partial charge in [-0.15, -0.1) is 11.3 Å². The van der Waals surface area contributed by atoms with Crippen LogP contribution in [0.1, 0.15) is 16.7 Å². The van der Waals surface area contributed by atoms with Crippen molar-refractivity contribution >= 4 is 21.4 Å². The summed E-state index contributed by atoms with van der Waals surface area (Å²) in [4.78, 5) is 10.8. The number of nitrogens with zero attached hydrogens (tertiary/aromatic N) is 4. The molecule has 0 aromatic carbocycles. The molecule has 114 valence electrons. The fraction of sp³-hybridized carbons (Fsp3) is 0.500. The third-order valence-electron chi connectivity index (χ3n) is 3.42. The lowest BCUT2D eigenvalue weighted by Gasteiger charge is -2.34. The van der Waals surface area contributed by atoms with E-state index >= 15 is 0 Å². The minimum atomic E-state index is -3.19. The lowest BCUT2D eigenvalue weighted by Crippen LogP contribution is -2.41. The summed E-state index contributed by atoms with van der Waals surface area (Å²) in [6, 6.07) is 0.0472. The van der Waals surface area contributed by atoms with Crippen LogP contribution in [0.2, 0.25) is 0 Å². The Kier molecular flexibility index (Phi) is 4.07. The predicted molar refractivity (Wildman–Crippen MR) is 80.3 cm³/mol. The van der Waals surface area contributed by atoms with Crippen LogP contribution in [-0.2, 0) is 23.1 Å². The molecule has 0 aliphatic carbocycles. The zero-order valence-corrected chi connectivity index (χ0v) is 13.3. The molecule has 7 nitrogen and oxygen atoms in total. The van der Waals surface area contributed by atoms with Gasteiger partial charge in [-0.05, 0) is 0 Å². The Labute approximate surface area is 127 Å². The maximum atomic E-state index is 11.3. The number of aromatic nitrogens is 3. The normalized spacial score (nSPS) is 19.6. The van der Waals surface area contributed by atoms with Crippen molar-refractivity contribution in [2.24, 2.45) is 0 Å². The molecule has 0 amide bonds. The van der Waals surface area contributed by atoms with Crippen LogP contribution in [0.4, 0.5) is 0 Å². The molecule has 3 rings (SSSR count). The Bertz CT molecular complexity index is 695. The zero-order chi connectivity index (χ0) is 14.9. The van der Waals surface area contributed by atoms with Crippen LogP contribution < -0.4 is 4.72 Å². The fourth-order valence-electron chi connectivity index (χ4n) is 2.52. The van der Waals surface area contributed by atoms with E-state index < -0.39 is 10.0 Å². The number of hydrogen-bond acceptors (Lipinski definition) is 6. The average molecular weight is 327 g/mol. The third kappa shape index (κ3) is 3.67. The average Bonchev–Trinajstić information content (AvgIpc) is 3.05. The first-order valence-corrected chi connectivity index (χ1v) is 9.34. The summed E-state index contributed by atoms with van der Waals surface area (Å²) in [6.07, 6.45) is 6.58. The van der Waals surface area contributed by atoms with Gasteiger partial charge in [-0.1, -0.05) is 0 Å². The fourth-order valence-corrected chi connectivity index (χ4v) is 3.67. The van der Waals surface area contributed by atoms with E-state index in [9.17, 15) is 8.42 Å². The maximum Gasteiger partial charge on any atom is 0.208 e. The van der Waals surface area contributed by atoms with Gasteiger partial charge in [0.1, 0.15) is 5.01 Å². The number of rotatable bonds is 5. The first-order valence-electron chi connectivity index (χ1n) is 6.57. The van der Waals surface area contributed by atoms with Crippen LogP contribution in [0.3, 0.4) is 0 Å². The molecule has 1 atom stereocenters. The molecule has 0 bridgehead atoms. The predicted octanol–water partition coefficient (Wildman–Crippen LogP) is 0.446. The van der Waals surface area contributed by atoms with Gasteiger partial charge >= 0.3 is 0 Å². The minimum Gasteiger partial charge on any atom is -0.328 e. The van der Waals surface area contributed by atoms with Gasteiger partial charge in [0, 0.05) is 37.4 Å². The van der Waals surface area contributed by atoms with Gasteiger partial charge in [0.2, 0.25) is 10.0 Å². The standard InChI is InChI=1S/C12H17N5O2S2/c1-21(18,19)15-5-11-7-16(8-12-14-2-3-20-12)6-10-4-13-9-17(10)11/h2-4,9,11,15H,5-8H2,1H3. The first kappa shape index (κ1) is 14.6. The Hall–Kier alpha value is -1.29. The van der Waals surface area contributed by atoms with Crippen molar-refractivity contribution in [2.75, 3.05) is 19.3 Å². The van der Waals surface area contributed by atoms with Crippen LogP contribution in [0.15, 0.2) is 24.1 Å². The van der Waals surface area contributed by atoms with Gasteiger partial charge in [-0.2, -0.15) is 0 Å². The van der Waals surface area contributed by atoms with Crippen molar-refractivity contribution < 1.29 is 8.42 Å². The lowest BCUT2D eigenvalue weighted by molar-refractivity contribution is 0.177. The smallest absolute Gasteiger partial charge is 0.208 e. The van der Waals surface area contributed by atoms with E-state index in [1.807, 2.05) is 11.6 Å². The Morgan fingerprint density at radius 1 is 1.52 bits per heavy atom. The number of hydrogen-bond donors (Lipinski definition) is 1. The van der Waals surface area contributed by atoms with Gasteiger partial charge in [0.05, 0.1) is 30.9 Å². The Morgan fingerprint density at radius 3 is 3.10 bits per heavy atom. The van der Waals surface area contributed by atoms with Gasteiger partial charge in [-0.3, -0.25) is 4.90 Å². The highest BCUT2D eigenvalue weighted by molar-refractivity contribution is 7.88. The summed E-state index contributed by atoms with van der Waals surface area (Å²) >= 11 is 1.63. The van der Waals surface area contributed by atoms with Crippen LogP contribution in [0.5, 0.6) is 0 Å². The van der Waals surface area contributed by atoms with E-state index in [-0.39, 0.29) is 6.04 Å². The number of nitrogens with one attached hydrogen (secondary N) is 1. The Balaban J connectivity index is 1.73. The number of imidazole rings is 1. The highest BCUT2D eigenvalue weighted by Gasteiger charge is 2.25. The molecule has 1 unspecified atom stereocenters. The summed E-state index contributed by atoms with van der Waals surface area (Å²) in [5, 5.41) is 3.03. The molecule has 0 fully saturated rings. The molecule has 1 aliphatic rings. The second-order valence-electron chi connectivity index (χ2n) is 5.16. The highest BCUT2D eigenvalue weighted by Crippen LogP contribution is 2.22. The zero-order valence-electron chi connectivity index (χ0n) is 11.6. The van der Waals surface area contributed by atoms with Crippen LogP contribution in [-0.4, -0.2) is 47.2 Å². The molecule has 0 saturated heterocycles.